The highest BCUT2D eigenvalue weighted by Crippen LogP contribution is 2.25. The Morgan fingerprint density at radius 3 is 2.57 bits per heavy atom. The van der Waals surface area contributed by atoms with Gasteiger partial charge in [0, 0.05) is 16.4 Å². The molecule has 28 heavy (non-hydrogen) atoms. The lowest BCUT2D eigenvalue weighted by molar-refractivity contribution is -0.124. The molecule has 2 amide bonds. The molecule has 0 radical (unpaired) electrons. The highest BCUT2D eigenvalue weighted by atomic mass is 79.9. The van der Waals surface area contributed by atoms with E-state index < -0.39 is 5.91 Å². The molecule has 0 heterocycles. The Hall–Kier alpha value is -2.51. The minimum absolute atomic E-state index is 0.0173. The minimum Gasteiger partial charge on any atom is -0.483 e. The SMILES string of the molecule is C=C(CC(=O)Nc1cc(Cl)ccc1C)NNC(=O)COc1ccc(C)cc1Br. The normalized spacial score (nSPS) is 10.1. The molecule has 0 aliphatic heterocycles. The van der Waals surface area contributed by atoms with Gasteiger partial charge in [0.05, 0.1) is 10.9 Å². The maximum atomic E-state index is 12.1. The second kappa shape index (κ2) is 10.1. The lowest BCUT2D eigenvalue weighted by Gasteiger charge is -2.13. The molecule has 0 unspecified atom stereocenters. The number of anilines is 1. The number of carbonyl (C=O) groups is 2. The fraction of sp³-hybridized carbons (Fsp3) is 0.200. The molecule has 148 valence electrons. The maximum absolute atomic E-state index is 12.1. The van der Waals surface area contributed by atoms with Crippen LogP contribution in [-0.2, 0) is 9.59 Å². The fourth-order valence-corrected chi connectivity index (χ4v) is 3.00. The van der Waals surface area contributed by atoms with E-state index in [1.165, 1.54) is 0 Å². The summed E-state index contributed by atoms with van der Waals surface area (Å²) >= 11 is 9.32. The molecule has 0 bridgehead atoms. The molecule has 0 saturated heterocycles. The smallest absolute Gasteiger partial charge is 0.276 e. The Kier molecular flexibility index (Phi) is 7.90. The van der Waals surface area contributed by atoms with Gasteiger partial charge in [-0.3, -0.25) is 15.0 Å². The highest BCUT2D eigenvalue weighted by molar-refractivity contribution is 9.10. The van der Waals surface area contributed by atoms with E-state index in [9.17, 15) is 9.59 Å². The first-order chi connectivity index (χ1) is 13.2. The van der Waals surface area contributed by atoms with Gasteiger partial charge in [-0.2, -0.15) is 0 Å². The number of benzene rings is 2. The van der Waals surface area contributed by atoms with Crippen LogP contribution in [0.2, 0.25) is 5.02 Å². The number of nitrogens with one attached hydrogen (secondary N) is 3. The number of hydrogen-bond acceptors (Lipinski definition) is 4. The van der Waals surface area contributed by atoms with E-state index in [4.69, 9.17) is 16.3 Å². The van der Waals surface area contributed by atoms with E-state index in [1.54, 1.807) is 18.2 Å². The van der Waals surface area contributed by atoms with Crippen molar-refractivity contribution in [2.45, 2.75) is 20.3 Å². The van der Waals surface area contributed by atoms with E-state index in [2.05, 4.69) is 38.7 Å². The Bertz CT molecular complexity index is 902. The summed E-state index contributed by atoms with van der Waals surface area (Å²) in [7, 11) is 0. The fourth-order valence-electron chi connectivity index (χ4n) is 2.22. The quantitative estimate of drug-likeness (QED) is 0.508. The van der Waals surface area contributed by atoms with Crippen LogP contribution in [0.1, 0.15) is 17.5 Å². The molecule has 6 nitrogen and oxygen atoms in total. The summed E-state index contributed by atoms with van der Waals surface area (Å²) < 4.78 is 6.22. The van der Waals surface area contributed by atoms with Gasteiger partial charge < -0.3 is 15.5 Å². The van der Waals surface area contributed by atoms with Crippen LogP contribution in [-0.4, -0.2) is 18.4 Å². The molecule has 0 fully saturated rings. The monoisotopic (exact) mass is 465 g/mol. The summed E-state index contributed by atoms with van der Waals surface area (Å²) in [5.74, 6) is -0.118. The Morgan fingerprint density at radius 2 is 1.86 bits per heavy atom. The van der Waals surface area contributed by atoms with Crippen LogP contribution in [0.3, 0.4) is 0 Å². The van der Waals surface area contributed by atoms with Crippen molar-refractivity contribution in [3.63, 3.8) is 0 Å². The number of hydrazine groups is 1. The number of amides is 2. The van der Waals surface area contributed by atoms with Crippen molar-refractivity contribution in [3.05, 3.63) is 69.3 Å². The van der Waals surface area contributed by atoms with Crippen LogP contribution in [0.25, 0.3) is 0 Å². The van der Waals surface area contributed by atoms with Crippen LogP contribution in [0.5, 0.6) is 5.75 Å². The average molecular weight is 467 g/mol. The maximum Gasteiger partial charge on any atom is 0.276 e. The van der Waals surface area contributed by atoms with Gasteiger partial charge in [-0.05, 0) is 65.2 Å². The van der Waals surface area contributed by atoms with Gasteiger partial charge in [-0.1, -0.05) is 30.3 Å². The summed E-state index contributed by atoms with van der Waals surface area (Å²) in [6.07, 6.45) is -0.0173. The Balaban J connectivity index is 1.74. The topological polar surface area (TPSA) is 79.5 Å². The first-order valence-electron chi connectivity index (χ1n) is 8.42. The van der Waals surface area contributed by atoms with Crippen molar-refractivity contribution in [2.75, 3.05) is 11.9 Å². The summed E-state index contributed by atoms with van der Waals surface area (Å²) in [5, 5.41) is 3.29. The molecule has 0 saturated carbocycles. The molecular formula is C20H21BrClN3O3. The van der Waals surface area contributed by atoms with Gasteiger partial charge in [-0.15, -0.1) is 0 Å². The van der Waals surface area contributed by atoms with E-state index in [0.29, 0.717) is 22.2 Å². The van der Waals surface area contributed by atoms with Crippen molar-refractivity contribution in [2.24, 2.45) is 0 Å². The van der Waals surface area contributed by atoms with E-state index in [-0.39, 0.29) is 18.9 Å². The molecular weight excluding hydrogens is 446 g/mol. The molecule has 2 aromatic rings. The number of hydrogen-bond donors (Lipinski definition) is 3. The molecule has 8 heteroatoms. The Morgan fingerprint density at radius 1 is 1.11 bits per heavy atom. The summed E-state index contributed by atoms with van der Waals surface area (Å²) in [6.45, 7) is 7.37. The van der Waals surface area contributed by atoms with Crippen LogP contribution in [0.15, 0.2) is 53.1 Å². The predicted octanol–water partition coefficient (Wildman–Crippen LogP) is 4.26. The summed E-state index contributed by atoms with van der Waals surface area (Å²) in [4.78, 5) is 24.0. The molecule has 0 aromatic heterocycles. The van der Waals surface area contributed by atoms with Gasteiger partial charge in [0.15, 0.2) is 6.61 Å². The van der Waals surface area contributed by atoms with Gasteiger partial charge in [-0.25, -0.2) is 0 Å². The van der Waals surface area contributed by atoms with Crippen molar-refractivity contribution in [1.82, 2.24) is 10.9 Å². The zero-order valence-corrected chi connectivity index (χ0v) is 17.9. The largest absolute Gasteiger partial charge is 0.483 e. The molecule has 0 aliphatic rings. The second-order valence-corrected chi connectivity index (χ2v) is 7.47. The molecule has 2 rings (SSSR count). The van der Waals surface area contributed by atoms with E-state index in [0.717, 1.165) is 15.6 Å². The van der Waals surface area contributed by atoms with Crippen LogP contribution in [0, 0.1) is 13.8 Å². The van der Waals surface area contributed by atoms with Crippen molar-refractivity contribution < 1.29 is 14.3 Å². The lowest BCUT2D eigenvalue weighted by Crippen LogP contribution is -2.40. The zero-order valence-electron chi connectivity index (χ0n) is 15.6. The number of carbonyl (C=O) groups excluding carboxylic acids is 2. The molecule has 0 spiro atoms. The third-order valence-corrected chi connectivity index (χ3v) is 4.53. The number of halogens is 2. The molecule has 3 N–H and O–H groups in total. The second-order valence-electron chi connectivity index (χ2n) is 6.18. The summed E-state index contributed by atoms with van der Waals surface area (Å²) in [6, 6.07) is 10.8. The number of aryl methyl sites for hydroxylation is 2. The van der Waals surface area contributed by atoms with E-state index in [1.807, 2.05) is 32.0 Å². The van der Waals surface area contributed by atoms with Crippen molar-refractivity contribution in [1.29, 1.82) is 0 Å². The van der Waals surface area contributed by atoms with Crippen LogP contribution >= 0.6 is 27.5 Å². The molecule has 0 aliphatic carbocycles. The van der Waals surface area contributed by atoms with Gasteiger partial charge in [0.1, 0.15) is 5.75 Å². The zero-order chi connectivity index (χ0) is 20.7. The first-order valence-corrected chi connectivity index (χ1v) is 9.59. The van der Waals surface area contributed by atoms with Gasteiger partial charge >= 0.3 is 0 Å². The molecule has 0 atom stereocenters. The van der Waals surface area contributed by atoms with Gasteiger partial charge in [0.25, 0.3) is 5.91 Å². The third kappa shape index (κ3) is 6.90. The van der Waals surface area contributed by atoms with Crippen molar-refractivity contribution >= 4 is 45.0 Å². The Labute approximate surface area is 177 Å². The van der Waals surface area contributed by atoms with Crippen LogP contribution in [0.4, 0.5) is 5.69 Å². The van der Waals surface area contributed by atoms with Gasteiger partial charge in [0.2, 0.25) is 5.91 Å². The van der Waals surface area contributed by atoms with E-state index >= 15 is 0 Å². The number of ether oxygens (including phenoxy) is 1. The lowest BCUT2D eigenvalue weighted by atomic mass is 10.2. The first kappa shape index (κ1) is 21.8. The number of rotatable bonds is 8. The van der Waals surface area contributed by atoms with Crippen molar-refractivity contribution in [3.8, 4) is 5.75 Å². The average Bonchev–Trinajstić information content (AvgIpc) is 2.62. The minimum atomic E-state index is -0.403. The predicted molar refractivity (Wildman–Crippen MR) is 114 cm³/mol. The molecule has 2 aromatic carbocycles. The third-order valence-electron chi connectivity index (χ3n) is 3.67. The van der Waals surface area contributed by atoms with Crippen LogP contribution < -0.4 is 20.9 Å². The summed E-state index contributed by atoms with van der Waals surface area (Å²) in [5.41, 5.74) is 7.99. The standard InChI is InChI=1S/C20H21BrClN3O3/c1-12-4-7-18(16(21)8-12)28-11-20(27)25-24-14(3)9-19(26)23-17-10-15(22)6-5-13(17)2/h4-8,10,24H,3,9,11H2,1-2H3,(H,23,26)(H,25,27). The highest BCUT2D eigenvalue weighted by Gasteiger charge is 2.09.